The molecule has 4 aliphatic rings. The van der Waals surface area contributed by atoms with Gasteiger partial charge in [-0.05, 0) is 90.8 Å². The first kappa shape index (κ1) is 24.3. The maximum atomic E-state index is 11.5. The highest BCUT2D eigenvalue weighted by atomic mass is 16.5. The van der Waals surface area contributed by atoms with Gasteiger partial charge in [-0.3, -0.25) is 4.79 Å². The SMILES string of the molecule is CC(=O)O[C@H]1CC[C@@]2(C)C(=CC[C@@H]3C2CC[C@]2(C)[C@@H]([C@H](C)CCCC(C)C)CC[C@@]32C)C1. The van der Waals surface area contributed by atoms with Crippen LogP contribution in [-0.2, 0) is 9.53 Å². The van der Waals surface area contributed by atoms with Gasteiger partial charge in [0, 0.05) is 13.3 Å². The standard InChI is InChI=1S/C30H50O2/c1-20(2)9-8-10-21(3)25-14-17-30(7)27-12-11-23-19-24(32-22(4)31)13-16-28(23,5)26(27)15-18-29(25,30)6/h11,20-21,24-27H,8-10,12-19H2,1-7H3/t21-,24+,25-,26?,27-,28+,29-,30+/m1/s1. The Morgan fingerprint density at radius 1 is 1.00 bits per heavy atom. The molecule has 0 radical (unpaired) electrons. The third kappa shape index (κ3) is 3.90. The topological polar surface area (TPSA) is 26.3 Å². The van der Waals surface area contributed by atoms with E-state index in [0.717, 1.165) is 42.4 Å². The number of esters is 1. The van der Waals surface area contributed by atoms with Crippen LogP contribution in [0.4, 0.5) is 0 Å². The minimum absolute atomic E-state index is 0.107. The Bertz CT molecular complexity index is 737. The second kappa shape index (κ2) is 8.77. The molecule has 2 heteroatoms. The number of carbonyl (C=O) groups is 1. The molecule has 0 heterocycles. The first-order valence-electron chi connectivity index (χ1n) is 13.9. The number of rotatable bonds is 6. The molecule has 1 unspecified atom stereocenters. The van der Waals surface area contributed by atoms with E-state index in [9.17, 15) is 4.79 Å². The van der Waals surface area contributed by atoms with Crippen LogP contribution < -0.4 is 0 Å². The highest BCUT2D eigenvalue weighted by Crippen LogP contribution is 2.72. The lowest BCUT2D eigenvalue weighted by Crippen LogP contribution is -2.55. The lowest BCUT2D eigenvalue weighted by atomic mass is 9.42. The molecule has 0 bridgehead atoms. The summed E-state index contributed by atoms with van der Waals surface area (Å²) < 4.78 is 5.63. The van der Waals surface area contributed by atoms with Crippen LogP contribution in [0.15, 0.2) is 11.6 Å². The summed E-state index contributed by atoms with van der Waals surface area (Å²) in [6, 6.07) is 0. The van der Waals surface area contributed by atoms with Gasteiger partial charge in [0.1, 0.15) is 6.10 Å². The summed E-state index contributed by atoms with van der Waals surface area (Å²) in [7, 11) is 0. The summed E-state index contributed by atoms with van der Waals surface area (Å²) in [5.41, 5.74) is 2.91. The van der Waals surface area contributed by atoms with Crippen LogP contribution in [0.25, 0.3) is 0 Å². The summed E-state index contributed by atoms with van der Waals surface area (Å²) in [6.45, 7) is 16.8. The van der Waals surface area contributed by atoms with Crippen molar-refractivity contribution in [1.82, 2.24) is 0 Å². The predicted octanol–water partition coefficient (Wildman–Crippen LogP) is 8.35. The van der Waals surface area contributed by atoms with Crippen LogP contribution in [0.2, 0.25) is 0 Å². The molecule has 4 rings (SSSR count). The van der Waals surface area contributed by atoms with E-state index in [-0.39, 0.29) is 12.1 Å². The van der Waals surface area contributed by atoms with Gasteiger partial charge < -0.3 is 4.74 Å². The number of ether oxygens (including phenoxy) is 1. The zero-order chi connectivity index (χ0) is 23.3. The van der Waals surface area contributed by atoms with E-state index in [1.54, 1.807) is 12.5 Å². The van der Waals surface area contributed by atoms with Gasteiger partial charge in [0.2, 0.25) is 0 Å². The minimum atomic E-state index is -0.117. The molecule has 3 saturated carbocycles. The maximum Gasteiger partial charge on any atom is 0.302 e. The molecule has 0 aromatic rings. The van der Waals surface area contributed by atoms with Gasteiger partial charge in [-0.15, -0.1) is 0 Å². The van der Waals surface area contributed by atoms with E-state index < -0.39 is 0 Å². The van der Waals surface area contributed by atoms with Crippen LogP contribution in [0.1, 0.15) is 119 Å². The van der Waals surface area contributed by atoms with E-state index >= 15 is 0 Å². The number of allylic oxidation sites excluding steroid dienone is 1. The second-order valence-electron chi connectivity index (χ2n) is 13.4. The summed E-state index contributed by atoms with van der Waals surface area (Å²) in [6.07, 6.45) is 17.1. The van der Waals surface area contributed by atoms with Gasteiger partial charge in [-0.1, -0.05) is 72.5 Å². The zero-order valence-electron chi connectivity index (χ0n) is 22.1. The smallest absolute Gasteiger partial charge is 0.302 e. The average molecular weight is 443 g/mol. The number of hydrogen-bond donors (Lipinski definition) is 0. The quantitative estimate of drug-likeness (QED) is 0.305. The molecule has 0 aromatic carbocycles. The fourth-order valence-electron chi connectivity index (χ4n) is 9.36. The van der Waals surface area contributed by atoms with E-state index in [1.807, 2.05) is 0 Å². The van der Waals surface area contributed by atoms with E-state index in [1.165, 1.54) is 57.8 Å². The molecule has 0 aromatic heterocycles. The Morgan fingerprint density at radius 3 is 2.41 bits per heavy atom. The summed E-state index contributed by atoms with van der Waals surface area (Å²) in [5.74, 6) is 4.12. The van der Waals surface area contributed by atoms with Crippen LogP contribution in [0, 0.1) is 45.8 Å². The van der Waals surface area contributed by atoms with E-state index in [4.69, 9.17) is 4.74 Å². The Balaban J connectivity index is 1.52. The molecule has 182 valence electrons. The number of carbonyl (C=O) groups excluding carboxylic acids is 1. The monoisotopic (exact) mass is 442 g/mol. The van der Waals surface area contributed by atoms with Crippen molar-refractivity contribution in [2.24, 2.45) is 45.8 Å². The lowest BCUT2D eigenvalue weighted by Gasteiger charge is -2.63. The second-order valence-corrected chi connectivity index (χ2v) is 13.4. The van der Waals surface area contributed by atoms with Crippen molar-refractivity contribution in [3.05, 3.63) is 11.6 Å². The van der Waals surface area contributed by atoms with Crippen LogP contribution in [0.5, 0.6) is 0 Å². The normalized spacial score (nSPS) is 44.3. The van der Waals surface area contributed by atoms with Crippen molar-refractivity contribution in [3.63, 3.8) is 0 Å². The Kier molecular flexibility index (Phi) is 6.67. The summed E-state index contributed by atoms with van der Waals surface area (Å²) >= 11 is 0. The molecule has 4 aliphatic carbocycles. The van der Waals surface area contributed by atoms with E-state index in [0.29, 0.717) is 16.2 Å². The zero-order valence-corrected chi connectivity index (χ0v) is 22.1. The Hall–Kier alpha value is -0.790. The minimum Gasteiger partial charge on any atom is -0.462 e. The molecule has 0 amide bonds. The van der Waals surface area contributed by atoms with Crippen LogP contribution >= 0.6 is 0 Å². The molecule has 3 fully saturated rings. The summed E-state index contributed by atoms with van der Waals surface area (Å²) in [5, 5.41) is 0. The van der Waals surface area contributed by atoms with Crippen molar-refractivity contribution in [2.75, 3.05) is 0 Å². The molecule has 32 heavy (non-hydrogen) atoms. The van der Waals surface area contributed by atoms with Gasteiger partial charge in [-0.25, -0.2) is 0 Å². The van der Waals surface area contributed by atoms with Crippen molar-refractivity contribution in [3.8, 4) is 0 Å². The predicted molar refractivity (Wildman–Crippen MR) is 133 cm³/mol. The molecule has 0 saturated heterocycles. The van der Waals surface area contributed by atoms with E-state index in [2.05, 4.69) is 47.6 Å². The fourth-order valence-corrected chi connectivity index (χ4v) is 9.36. The molecule has 8 atom stereocenters. The van der Waals surface area contributed by atoms with Crippen molar-refractivity contribution in [2.45, 2.75) is 125 Å². The highest BCUT2D eigenvalue weighted by molar-refractivity contribution is 5.66. The first-order valence-corrected chi connectivity index (χ1v) is 13.9. The van der Waals surface area contributed by atoms with Gasteiger partial charge >= 0.3 is 5.97 Å². The Labute approximate surface area is 198 Å². The lowest BCUT2D eigenvalue weighted by molar-refractivity contribution is -0.150. The van der Waals surface area contributed by atoms with Gasteiger partial charge in [-0.2, -0.15) is 0 Å². The molecule has 0 aliphatic heterocycles. The number of hydrogen-bond acceptors (Lipinski definition) is 2. The van der Waals surface area contributed by atoms with Crippen molar-refractivity contribution >= 4 is 5.97 Å². The van der Waals surface area contributed by atoms with Gasteiger partial charge in [0.25, 0.3) is 0 Å². The molecular formula is C30H50O2. The average Bonchev–Trinajstić information content (AvgIpc) is 2.99. The molecule has 0 spiro atoms. The highest BCUT2D eigenvalue weighted by Gasteiger charge is 2.64. The number of fused-ring (bicyclic) bond motifs is 5. The van der Waals surface area contributed by atoms with Crippen LogP contribution in [-0.4, -0.2) is 12.1 Å². The molecule has 2 nitrogen and oxygen atoms in total. The van der Waals surface area contributed by atoms with Crippen LogP contribution in [0.3, 0.4) is 0 Å². The summed E-state index contributed by atoms with van der Waals surface area (Å²) in [4.78, 5) is 11.5. The van der Waals surface area contributed by atoms with Gasteiger partial charge in [0.05, 0.1) is 0 Å². The van der Waals surface area contributed by atoms with Crippen molar-refractivity contribution in [1.29, 1.82) is 0 Å². The first-order chi connectivity index (χ1) is 15.0. The molecular weight excluding hydrogens is 392 g/mol. The fraction of sp³-hybridized carbons (Fsp3) is 0.900. The van der Waals surface area contributed by atoms with Gasteiger partial charge in [0.15, 0.2) is 0 Å². The largest absolute Gasteiger partial charge is 0.462 e. The van der Waals surface area contributed by atoms with Crippen molar-refractivity contribution < 1.29 is 9.53 Å². The maximum absolute atomic E-state index is 11.5. The Morgan fingerprint density at radius 2 is 1.72 bits per heavy atom. The molecule has 0 N–H and O–H groups in total. The third-order valence-corrected chi connectivity index (χ3v) is 11.4. The third-order valence-electron chi connectivity index (χ3n) is 11.4.